The SMILES string of the molecule is COCCN1C(=O)C[C@@](CC(=O)N2C[C@H]3CCC[C@@H]2C3)(c2ccccc2F)C1=O. The third-order valence-corrected chi connectivity index (χ3v) is 6.74. The van der Waals surface area contributed by atoms with E-state index in [0.29, 0.717) is 12.5 Å². The van der Waals surface area contributed by atoms with Gasteiger partial charge in [-0.3, -0.25) is 19.3 Å². The molecule has 0 N–H and O–H groups in total. The van der Waals surface area contributed by atoms with Gasteiger partial charge in [-0.05, 0) is 31.2 Å². The van der Waals surface area contributed by atoms with Gasteiger partial charge in [0.05, 0.1) is 18.6 Å². The van der Waals surface area contributed by atoms with Gasteiger partial charge in [0.1, 0.15) is 5.82 Å². The summed E-state index contributed by atoms with van der Waals surface area (Å²) in [5.74, 6) is -1.09. The van der Waals surface area contributed by atoms with Crippen LogP contribution in [0.4, 0.5) is 4.39 Å². The Morgan fingerprint density at radius 3 is 2.79 bits per heavy atom. The van der Waals surface area contributed by atoms with Crippen molar-refractivity contribution in [2.75, 3.05) is 26.8 Å². The van der Waals surface area contributed by atoms with Crippen molar-refractivity contribution >= 4 is 17.7 Å². The van der Waals surface area contributed by atoms with Crippen LogP contribution in [0.3, 0.4) is 0 Å². The van der Waals surface area contributed by atoms with Gasteiger partial charge >= 0.3 is 0 Å². The first kappa shape index (κ1) is 20.0. The van der Waals surface area contributed by atoms with Crippen LogP contribution in [0.25, 0.3) is 0 Å². The van der Waals surface area contributed by atoms with Crippen LogP contribution >= 0.6 is 0 Å². The zero-order chi connectivity index (χ0) is 20.6. The highest BCUT2D eigenvalue weighted by molar-refractivity contribution is 6.10. The first-order chi connectivity index (χ1) is 14.0. The molecular formula is C22H27FN2O4. The molecule has 0 unspecified atom stereocenters. The van der Waals surface area contributed by atoms with E-state index in [4.69, 9.17) is 4.74 Å². The highest BCUT2D eigenvalue weighted by atomic mass is 19.1. The minimum absolute atomic E-state index is 0.104. The summed E-state index contributed by atoms with van der Waals surface area (Å²) in [5.41, 5.74) is -1.35. The van der Waals surface area contributed by atoms with E-state index in [2.05, 4.69) is 0 Å². The minimum atomic E-state index is -1.48. The van der Waals surface area contributed by atoms with Crippen LogP contribution in [0.1, 0.15) is 44.1 Å². The molecule has 4 rings (SSSR count). The van der Waals surface area contributed by atoms with Crippen LogP contribution in [0.5, 0.6) is 0 Å². The molecule has 1 aromatic carbocycles. The number of fused-ring (bicyclic) bond motifs is 2. The molecule has 1 saturated carbocycles. The van der Waals surface area contributed by atoms with Crippen molar-refractivity contribution < 1.29 is 23.5 Å². The Hall–Kier alpha value is -2.28. The fourth-order valence-corrected chi connectivity index (χ4v) is 5.31. The second-order valence-electron chi connectivity index (χ2n) is 8.49. The Bertz CT molecular complexity index is 829. The number of methoxy groups -OCH3 is 1. The Morgan fingerprint density at radius 1 is 1.28 bits per heavy atom. The van der Waals surface area contributed by atoms with Crippen LogP contribution < -0.4 is 0 Å². The molecule has 0 radical (unpaired) electrons. The summed E-state index contributed by atoms with van der Waals surface area (Å²) in [6, 6.07) is 6.19. The maximum Gasteiger partial charge on any atom is 0.241 e. The lowest BCUT2D eigenvalue weighted by Crippen LogP contribution is -2.45. The molecule has 3 fully saturated rings. The van der Waals surface area contributed by atoms with Crippen LogP contribution in [-0.2, 0) is 24.5 Å². The van der Waals surface area contributed by atoms with Gasteiger partial charge in [-0.15, -0.1) is 0 Å². The first-order valence-corrected chi connectivity index (χ1v) is 10.3. The van der Waals surface area contributed by atoms with Gasteiger partial charge in [-0.2, -0.15) is 0 Å². The fourth-order valence-electron chi connectivity index (χ4n) is 5.31. The van der Waals surface area contributed by atoms with Crippen LogP contribution in [-0.4, -0.2) is 60.4 Å². The second-order valence-corrected chi connectivity index (χ2v) is 8.49. The van der Waals surface area contributed by atoms with Crippen LogP contribution in [0, 0.1) is 11.7 Å². The number of carbonyl (C=O) groups is 3. The molecule has 2 bridgehead atoms. The number of amides is 3. The maximum absolute atomic E-state index is 14.8. The minimum Gasteiger partial charge on any atom is -0.383 e. The standard InChI is InChI=1S/C22H27FN2O4/c1-29-10-9-24-19(26)12-22(21(24)28,17-7-2-3-8-18(17)23)13-20(27)25-14-15-5-4-6-16(25)11-15/h2-3,7-8,15-16H,4-6,9-14H2,1H3/t15-,16+,22+/m0/s1. The number of carbonyl (C=O) groups excluding carboxylic acids is 3. The van der Waals surface area contributed by atoms with Gasteiger partial charge in [-0.1, -0.05) is 24.6 Å². The quantitative estimate of drug-likeness (QED) is 0.685. The van der Waals surface area contributed by atoms with E-state index >= 15 is 0 Å². The molecule has 156 valence electrons. The highest BCUT2D eigenvalue weighted by Crippen LogP contribution is 2.43. The molecule has 3 amide bonds. The number of halogens is 1. The summed E-state index contributed by atoms with van der Waals surface area (Å²) < 4.78 is 19.8. The average Bonchev–Trinajstić information content (AvgIpc) is 3.13. The molecule has 2 saturated heterocycles. The molecule has 2 aliphatic heterocycles. The summed E-state index contributed by atoms with van der Waals surface area (Å²) in [4.78, 5) is 42.4. The van der Waals surface area contributed by atoms with Gasteiger partial charge in [-0.25, -0.2) is 4.39 Å². The predicted octanol–water partition coefficient (Wildman–Crippen LogP) is 2.26. The first-order valence-electron chi connectivity index (χ1n) is 10.3. The number of rotatable bonds is 6. The number of ether oxygens (including phenoxy) is 1. The van der Waals surface area contributed by atoms with E-state index in [-0.39, 0.29) is 49.4 Å². The van der Waals surface area contributed by atoms with Crippen molar-refractivity contribution in [1.29, 1.82) is 0 Å². The number of hydrogen-bond donors (Lipinski definition) is 0. The number of benzene rings is 1. The molecule has 3 atom stereocenters. The Labute approximate surface area is 170 Å². The van der Waals surface area contributed by atoms with E-state index in [1.165, 1.54) is 19.2 Å². The number of hydrogen-bond acceptors (Lipinski definition) is 4. The highest BCUT2D eigenvalue weighted by Gasteiger charge is 2.55. The predicted molar refractivity (Wildman–Crippen MR) is 103 cm³/mol. The smallest absolute Gasteiger partial charge is 0.241 e. The summed E-state index contributed by atoms with van der Waals surface area (Å²) in [6.45, 7) is 1.01. The largest absolute Gasteiger partial charge is 0.383 e. The Balaban J connectivity index is 1.67. The molecule has 2 heterocycles. The molecule has 29 heavy (non-hydrogen) atoms. The van der Waals surface area contributed by atoms with Gasteiger partial charge in [0.25, 0.3) is 0 Å². The summed E-state index contributed by atoms with van der Waals surface area (Å²) in [5, 5.41) is 0. The molecule has 1 aliphatic carbocycles. The Kier molecular flexibility index (Phi) is 5.42. The normalized spacial score (nSPS) is 29.0. The van der Waals surface area contributed by atoms with Crippen LogP contribution in [0.15, 0.2) is 24.3 Å². The van der Waals surface area contributed by atoms with Gasteiger partial charge < -0.3 is 9.64 Å². The molecule has 0 spiro atoms. The van der Waals surface area contributed by atoms with E-state index in [0.717, 1.165) is 30.6 Å². The monoisotopic (exact) mass is 402 g/mol. The zero-order valence-corrected chi connectivity index (χ0v) is 16.7. The summed E-state index contributed by atoms with van der Waals surface area (Å²) >= 11 is 0. The summed E-state index contributed by atoms with van der Waals surface area (Å²) in [6.07, 6.45) is 3.85. The van der Waals surface area contributed by atoms with Crippen molar-refractivity contribution in [1.82, 2.24) is 9.80 Å². The van der Waals surface area contributed by atoms with E-state index in [1.54, 1.807) is 12.1 Å². The van der Waals surface area contributed by atoms with Gasteiger partial charge in [0.15, 0.2) is 0 Å². The molecule has 1 aromatic rings. The van der Waals surface area contributed by atoms with E-state index in [9.17, 15) is 18.8 Å². The molecule has 6 nitrogen and oxygen atoms in total. The van der Waals surface area contributed by atoms with Crippen molar-refractivity contribution in [2.24, 2.45) is 5.92 Å². The lowest BCUT2D eigenvalue weighted by atomic mass is 9.75. The molecule has 0 aromatic heterocycles. The maximum atomic E-state index is 14.8. The topological polar surface area (TPSA) is 66.9 Å². The van der Waals surface area contributed by atoms with Gasteiger partial charge in [0.2, 0.25) is 17.7 Å². The second kappa shape index (κ2) is 7.86. The number of likely N-dealkylation sites (tertiary alicyclic amines) is 2. The Morgan fingerprint density at radius 2 is 2.07 bits per heavy atom. The van der Waals surface area contributed by atoms with Crippen molar-refractivity contribution in [3.8, 4) is 0 Å². The van der Waals surface area contributed by atoms with E-state index < -0.39 is 17.1 Å². The fraction of sp³-hybridized carbons (Fsp3) is 0.591. The van der Waals surface area contributed by atoms with Gasteiger partial charge in [0, 0.05) is 38.1 Å². The van der Waals surface area contributed by atoms with Crippen molar-refractivity contribution in [3.63, 3.8) is 0 Å². The lowest BCUT2D eigenvalue weighted by molar-refractivity contribution is -0.143. The lowest BCUT2D eigenvalue weighted by Gasteiger charge is -2.31. The average molecular weight is 402 g/mol. The molecule has 3 aliphatic rings. The molecule has 7 heteroatoms. The number of nitrogens with zero attached hydrogens (tertiary/aromatic N) is 2. The number of imide groups is 1. The summed E-state index contributed by atoms with van der Waals surface area (Å²) in [7, 11) is 1.49. The molecular weight excluding hydrogens is 375 g/mol. The van der Waals surface area contributed by atoms with Crippen molar-refractivity contribution in [3.05, 3.63) is 35.6 Å². The third kappa shape index (κ3) is 3.45. The van der Waals surface area contributed by atoms with Crippen LogP contribution in [0.2, 0.25) is 0 Å². The van der Waals surface area contributed by atoms with E-state index in [1.807, 2.05) is 4.90 Å². The van der Waals surface area contributed by atoms with Crippen molar-refractivity contribution in [2.45, 2.75) is 50.0 Å². The zero-order valence-electron chi connectivity index (χ0n) is 16.7. The third-order valence-electron chi connectivity index (χ3n) is 6.74.